The molecule has 11 rings (SSSR count). The molecular weight excluding hydrogens is 725 g/mol. The average molecular weight is 769 g/mol. The summed E-state index contributed by atoms with van der Waals surface area (Å²) >= 11 is 0. The molecule has 2 aromatic heterocycles. The molecule has 0 fully saturated rings. The van der Waals surface area contributed by atoms with Gasteiger partial charge in [0.25, 0.3) is 0 Å². The lowest BCUT2D eigenvalue weighted by atomic mass is 9.79. The van der Waals surface area contributed by atoms with Crippen LogP contribution in [0, 0.1) is 0 Å². The Morgan fingerprint density at radius 2 is 0.633 bits per heavy atom. The van der Waals surface area contributed by atoms with E-state index in [9.17, 15) is 0 Å². The Kier molecular flexibility index (Phi) is 8.22. The highest BCUT2D eigenvalue weighted by Crippen LogP contribution is 2.53. The summed E-state index contributed by atoms with van der Waals surface area (Å²) in [6.07, 6.45) is 1.81. The van der Waals surface area contributed by atoms with Crippen molar-refractivity contribution in [3.05, 3.63) is 217 Å². The van der Waals surface area contributed by atoms with Crippen LogP contribution in [0.5, 0.6) is 0 Å². The first kappa shape index (κ1) is 36.0. The van der Waals surface area contributed by atoms with Crippen LogP contribution in [-0.2, 0) is 10.8 Å². The molecule has 0 N–H and O–H groups in total. The molecule has 2 aliphatic carbocycles. The minimum Gasteiger partial charge on any atom is -0.255 e. The van der Waals surface area contributed by atoms with Crippen LogP contribution >= 0.6 is 0 Å². The molecule has 9 aromatic rings. The summed E-state index contributed by atoms with van der Waals surface area (Å²) in [7, 11) is 0. The van der Waals surface area contributed by atoms with Crippen molar-refractivity contribution in [2.45, 2.75) is 38.5 Å². The molecule has 0 aliphatic heterocycles. The van der Waals surface area contributed by atoms with Gasteiger partial charge in [-0.05, 0) is 138 Å². The van der Waals surface area contributed by atoms with Crippen LogP contribution in [-0.4, -0.2) is 9.97 Å². The van der Waals surface area contributed by atoms with E-state index in [1.165, 1.54) is 89.0 Å². The van der Waals surface area contributed by atoms with Crippen LogP contribution in [0.2, 0.25) is 0 Å². The minimum atomic E-state index is -0.134. The van der Waals surface area contributed by atoms with Gasteiger partial charge in [-0.3, -0.25) is 4.98 Å². The van der Waals surface area contributed by atoms with Crippen molar-refractivity contribution < 1.29 is 0 Å². The van der Waals surface area contributed by atoms with Gasteiger partial charge in [0.15, 0.2) is 0 Å². The van der Waals surface area contributed by atoms with Gasteiger partial charge in [0.1, 0.15) is 0 Å². The lowest BCUT2D eigenvalue weighted by Gasteiger charge is -2.24. The number of benzene rings is 7. The van der Waals surface area contributed by atoms with Gasteiger partial charge in [-0.15, -0.1) is 0 Å². The summed E-state index contributed by atoms with van der Waals surface area (Å²) in [5.74, 6) is 0. The highest BCUT2D eigenvalue weighted by atomic mass is 14.8. The molecule has 0 unspecified atom stereocenters. The van der Waals surface area contributed by atoms with Gasteiger partial charge in [0, 0.05) is 22.6 Å². The highest BCUT2D eigenvalue weighted by Gasteiger charge is 2.38. The van der Waals surface area contributed by atoms with Crippen molar-refractivity contribution in [1.29, 1.82) is 0 Å². The molecule has 0 saturated heterocycles. The Morgan fingerprint density at radius 1 is 0.283 bits per heavy atom. The van der Waals surface area contributed by atoms with Gasteiger partial charge in [-0.25, -0.2) is 4.98 Å². The van der Waals surface area contributed by atoms with E-state index >= 15 is 0 Å². The molecule has 0 saturated carbocycles. The summed E-state index contributed by atoms with van der Waals surface area (Å²) < 4.78 is 0. The van der Waals surface area contributed by atoms with E-state index in [0.717, 1.165) is 22.6 Å². The Balaban J connectivity index is 0.842. The van der Waals surface area contributed by atoms with Gasteiger partial charge in [-0.2, -0.15) is 0 Å². The number of nitrogens with zero attached hydrogens (tertiary/aromatic N) is 2. The Bertz CT molecular complexity index is 3100. The Morgan fingerprint density at radius 3 is 1.08 bits per heavy atom. The fourth-order valence-electron chi connectivity index (χ4n) is 9.76. The molecule has 2 heteroatoms. The molecule has 0 spiro atoms. The number of hydrogen-bond donors (Lipinski definition) is 0. The van der Waals surface area contributed by atoms with Crippen LogP contribution in [0.4, 0.5) is 0 Å². The van der Waals surface area contributed by atoms with Crippen molar-refractivity contribution in [2.75, 3.05) is 0 Å². The number of pyridine rings is 2. The van der Waals surface area contributed by atoms with Gasteiger partial charge >= 0.3 is 0 Å². The van der Waals surface area contributed by atoms with Crippen molar-refractivity contribution in [2.24, 2.45) is 0 Å². The predicted molar refractivity (Wildman–Crippen MR) is 250 cm³/mol. The lowest BCUT2D eigenvalue weighted by molar-refractivity contribution is 0.660. The largest absolute Gasteiger partial charge is 0.255 e. The molecule has 0 bridgehead atoms. The molecule has 2 aliphatic rings. The van der Waals surface area contributed by atoms with Crippen LogP contribution in [0.25, 0.3) is 89.4 Å². The van der Waals surface area contributed by atoms with Crippen molar-refractivity contribution >= 4 is 0 Å². The standard InChI is InChI=1S/C58H44N2/c1-57(2)50-33-42(37-11-6-5-7-12-37)24-28-46(50)48-30-26-44(35-52(48)57)45-27-31-49-47-29-25-43(34-51(47)58(3,4)53(49)36-45)40-18-16-38(17-19-40)39-20-22-41(23-21-39)54-14-10-15-56(60-54)55-13-8-9-32-59-55/h5-36H,1-4H3. The normalized spacial score (nSPS) is 13.9. The maximum absolute atomic E-state index is 4.90. The van der Waals surface area contributed by atoms with Crippen LogP contribution in [0.3, 0.4) is 0 Å². The van der Waals surface area contributed by atoms with E-state index < -0.39 is 0 Å². The minimum absolute atomic E-state index is 0.0942. The zero-order valence-corrected chi connectivity index (χ0v) is 34.4. The molecule has 7 aromatic carbocycles. The fourth-order valence-corrected chi connectivity index (χ4v) is 9.76. The zero-order chi connectivity index (χ0) is 40.6. The molecular formula is C58H44N2. The second kappa shape index (κ2) is 13.7. The van der Waals surface area contributed by atoms with E-state index in [-0.39, 0.29) is 10.8 Å². The summed E-state index contributed by atoms with van der Waals surface area (Å²) in [5, 5.41) is 0. The van der Waals surface area contributed by atoms with E-state index in [0.29, 0.717) is 0 Å². The molecule has 60 heavy (non-hydrogen) atoms. The summed E-state index contributed by atoms with van der Waals surface area (Å²) in [6.45, 7) is 9.53. The fraction of sp³-hybridized carbons (Fsp3) is 0.103. The quantitative estimate of drug-likeness (QED) is 0.168. The van der Waals surface area contributed by atoms with Crippen LogP contribution < -0.4 is 0 Å². The van der Waals surface area contributed by atoms with Gasteiger partial charge in [-0.1, -0.05) is 167 Å². The van der Waals surface area contributed by atoms with Crippen molar-refractivity contribution in [1.82, 2.24) is 9.97 Å². The molecule has 0 amide bonds. The Hall–Kier alpha value is -7.16. The van der Waals surface area contributed by atoms with E-state index in [2.05, 4.69) is 190 Å². The number of hydrogen-bond acceptors (Lipinski definition) is 2. The molecule has 286 valence electrons. The zero-order valence-electron chi connectivity index (χ0n) is 34.4. The van der Waals surface area contributed by atoms with E-state index in [1.54, 1.807) is 6.20 Å². The number of aromatic nitrogens is 2. The first-order valence-electron chi connectivity index (χ1n) is 21.0. The second-order valence-corrected chi connectivity index (χ2v) is 17.4. The smallest absolute Gasteiger partial charge is 0.0893 e. The topological polar surface area (TPSA) is 25.8 Å². The molecule has 2 nitrogen and oxygen atoms in total. The number of rotatable bonds is 6. The summed E-state index contributed by atoms with van der Waals surface area (Å²) in [6, 6.07) is 68.7. The van der Waals surface area contributed by atoms with E-state index in [4.69, 9.17) is 4.98 Å². The highest BCUT2D eigenvalue weighted by molar-refractivity contribution is 5.89. The predicted octanol–water partition coefficient (Wildman–Crippen LogP) is 15.1. The first-order valence-corrected chi connectivity index (χ1v) is 21.0. The molecule has 0 atom stereocenters. The molecule has 0 radical (unpaired) electrons. The average Bonchev–Trinajstić information content (AvgIpc) is 3.67. The van der Waals surface area contributed by atoms with Gasteiger partial charge in [0.05, 0.1) is 17.1 Å². The summed E-state index contributed by atoms with van der Waals surface area (Å²) in [4.78, 5) is 9.37. The van der Waals surface area contributed by atoms with Crippen LogP contribution in [0.15, 0.2) is 194 Å². The van der Waals surface area contributed by atoms with Crippen molar-refractivity contribution in [3.63, 3.8) is 0 Å². The first-order chi connectivity index (χ1) is 29.2. The third-order valence-corrected chi connectivity index (χ3v) is 13.2. The molecule has 2 heterocycles. The monoisotopic (exact) mass is 768 g/mol. The SMILES string of the molecule is CC1(C)c2cc(-c3ccccc3)ccc2-c2ccc(-c3ccc4c(c3)C(C)(C)c3cc(-c5ccc(-c6ccc(-c7cccc(-c8ccccn8)n7)cc6)cc5)ccc3-4)cc21. The Labute approximate surface area is 353 Å². The lowest BCUT2D eigenvalue weighted by Crippen LogP contribution is -2.15. The maximum Gasteiger partial charge on any atom is 0.0893 e. The second-order valence-electron chi connectivity index (χ2n) is 17.4. The number of fused-ring (bicyclic) bond motifs is 6. The van der Waals surface area contributed by atoms with Gasteiger partial charge < -0.3 is 0 Å². The third kappa shape index (κ3) is 5.86. The third-order valence-electron chi connectivity index (χ3n) is 13.2. The summed E-state index contributed by atoms with van der Waals surface area (Å²) in [5.41, 5.74) is 24.4. The van der Waals surface area contributed by atoms with Gasteiger partial charge in [0.2, 0.25) is 0 Å². The van der Waals surface area contributed by atoms with Crippen LogP contribution in [0.1, 0.15) is 49.9 Å². The van der Waals surface area contributed by atoms with Crippen molar-refractivity contribution in [3.8, 4) is 89.4 Å². The van der Waals surface area contributed by atoms with E-state index in [1.807, 2.05) is 30.3 Å². The maximum atomic E-state index is 4.90.